The number of hydrogen-bond donors (Lipinski definition) is 3. The number of amides is 1. The molecule has 0 saturated carbocycles. The van der Waals surface area contributed by atoms with Gasteiger partial charge in [-0.05, 0) is 36.2 Å². The van der Waals surface area contributed by atoms with Crippen LogP contribution in [-0.4, -0.2) is 27.6 Å². The molecule has 138 valence electrons. The number of carbonyl (C=O) groups excluding carboxylic acids is 1. The van der Waals surface area contributed by atoms with Crippen molar-refractivity contribution in [2.75, 3.05) is 22.5 Å². The number of carbonyl (C=O) groups is 1. The molecule has 1 aliphatic heterocycles. The van der Waals surface area contributed by atoms with Crippen molar-refractivity contribution in [2.24, 2.45) is 0 Å². The molecule has 3 aromatic rings. The Morgan fingerprint density at radius 2 is 1.85 bits per heavy atom. The highest BCUT2D eigenvalue weighted by molar-refractivity contribution is 6.39. The first-order valence-electron chi connectivity index (χ1n) is 8.36. The fourth-order valence-corrected chi connectivity index (χ4v) is 3.81. The molecule has 1 aliphatic rings. The zero-order valence-electron chi connectivity index (χ0n) is 14.2. The summed E-state index contributed by atoms with van der Waals surface area (Å²) < 4.78 is 0. The predicted octanol–water partition coefficient (Wildman–Crippen LogP) is 4.23. The van der Waals surface area contributed by atoms with Crippen LogP contribution in [0.4, 0.5) is 23.3 Å². The summed E-state index contributed by atoms with van der Waals surface area (Å²) in [6.45, 7) is 0.756. The number of H-pyrrole nitrogens is 1. The Morgan fingerprint density at radius 1 is 1.15 bits per heavy atom. The van der Waals surface area contributed by atoms with Crippen LogP contribution in [0, 0.1) is 0 Å². The van der Waals surface area contributed by atoms with Gasteiger partial charge in [0.25, 0.3) is 0 Å². The van der Waals surface area contributed by atoms with Crippen molar-refractivity contribution >= 4 is 52.4 Å². The number of benzene rings is 2. The maximum atomic E-state index is 11.9. The molecule has 0 aliphatic carbocycles. The highest BCUT2D eigenvalue weighted by Gasteiger charge is 2.21. The second-order valence-corrected chi connectivity index (χ2v) is 6.99. The lowest BCUT2D eigenvalue weighted by molar-refractivity contribution is -0.117. The first-order chi connectivity index (χ1) is 13.0. The molecule has 7 nitrogen and oxygen atoms in total. The number of nitrogen functional groups attached to an aromatic ring is 1. The summed E-state index contributed by atoms with van der Waals surface area (Å²) in [6, 6.07) is 11.1. The molecular formula is C18H16Cl2N6O. The zero-order chi connectivity index (χ0) is 19.0. The van der Waals surface area contributed by atoms with Gasteiger partial charge < -0.3 is 16.0 Å². The normalized spacial score (nSPS) is 14.0. The number of hydrogen-bond acceptors (Lipinski definition) is 5. The molecule has 0 atom stereocenters. The summed E-state index contributed by atoms with van der Waals surface area (Å²) in [4.78, 5) is 17.7. The van der Waals surface area contributed by atoms with Gasteiger partial charge in [-0.3, -0.25) is 4.79 Å². The summed E-state index contributed by atoms with van der Waals surface area (Å²) >= 11 is 12.9. The fourth-order valence-electron chi connectivity index (χ4n) is 3.11. The van der Waals surface area contributed by atoms with Crippen molar-refractivity contribution in [3.05, 3.63) is 46.4 Å². The molecule has 2 heterocycles. The largest absolute Gasteiger partial charge is 0.368 e. The third kappa shape index (κ3) is 3.56. The van der Waals surface area contributed by atoms with E-state index in [2.05, 4.69) is 20.5 Å². The van der Waals surface area contributed by atoms with E-state index in [9.17, 15) is 4.79 Å². The molecule has 2 aromatic carbocycles. The van der Waals surface area contributed by atoms with E-state index >= 15 is 0 Å². The van der Waals surface area contributed by atoms with Crippen molar-refractivity contribution in [1.29, 1.82) is 0 Å². The van der Waals surface area contributed by atoms with Gasteiger partial charge in [0.05, 0.1) is 10.0 Å². The lowest BCUT2D eigenvalue weighted by atomic mass is 10.0. The van der Waals surface area contributed by atoms with Crippen LogP contribution in [0.2, 0.25) is 10.0 Å². The van der Waals surface area contributed by atoms with E-state index in [-0.39, 0.29) is 11.9 Å². The molecule has 0 bridgehead atoms. The monoisotopic (exact) mass is 402 g/mol. The Morgan fingerprint density at radius 3 is 2.41 bits per heavy atom. The lowest BCUT2D eigenvalue weighted by Crippen LogP contribution is -2.23. The second kappa shape index (κ2) is 7.09. The molecular weight excluding hydrogens is 387 g/mol. The summed E-state index contributed by atoms with van der Waals surface area (Å²) in [5.74, 6) is 0.691. The van der Waals surface area contributed by atoms with Crippen LogP contribution in [-0.2, 0) is 4.79 Å². The van der Waals surface area contributed by atoms with Crippen molar-refractivity contribution in [3.63, 3.8) is 0 Å². The highest BCUT2D eigenvalue weighted by atomic mass is 35.5. The van der Waals surface area contributed by atoms with Crippen molar-refractivity contribution in [3.8, 4) is 11.1 Å². The van der Waals surface area contributed by atoms with Crippen LogP contribution in [0.5, 0.6) is 0 Å². The van der Waals surface area contributed by atoms with Crippen LogP contribution >= 0.6 is 23.2 Å². The zero-order valence-corrected chi connectivity index (χ0v) is 15.7. The van der Waals surface area contributed by atoms with E-state index in [0.29, 0.717) is 28.1 Å². The first-order valence-corrected chi connectivity index (χ1v) is 9.11. The van der Waals surface area contributed by atoms with Gasteiger partial charge in [0.2, 0.25) is 17.8 Å². The van der Waals surface area contributed by atoms with Gasteiger partial charge in [-0.15, -0.1) is 5.10 Å². The first kappa shape index (κ1) is 17.6. The molecule has 1 saturated heterocycles. The van der Waals surface area contributed by atoms with Crippen molar-refractivity contribution in [1.82, 2.24) is 15.2 Å². The van der Waals surface area contributed by atoms with Gasteiger partial charge in [0, 0.05) is 29.9 Å². The number of aromatic amines is 1. The van der Waals surface area contributed by atoms with Gasteiger partial charge in [-0.25, -0.2) is 5.10 Å². The van der Waals surface area contributed by atoms with Crippen molar-refractivity contribution < 1.29 is 4.79 Å². The van der Waals surface area contributed by atoms with E-state index < -0.39 is 0 Å². The van der Waals surface area contributed by atoms with Crippen LogP contribution in [0.15, 0.2) is 36.4 Å². The van der Waals surface area contributed by atoms with Gasteiger partial charge in [0.15, 0.2) is 0 Å². The molecule has 9 heteroatoms. The number of nitrogens with one attached hydrogen (secondary N) is 2. The molecule has 0 unspecified atom stereocenters. The van der Waals surface area contributed by atoms with Crippen LogP contribution in [0.1, 0.15) is 12.8 Å². The Balaban J connectivity index is 1.60. The average Bonchev–Trinajstić information content (AvgIpc) is 3.23. The molecule has 4 N–H and O–H groups in total. The summed E-state index contributed by atoms with van der Waals surface area (Å²) in [7, 11) is 0. The molecule has 1 amide bonds. The minimum absolute atomic E-state index is 0.154. The van der Waals surface area contributed by atoms with Gasteiger partial charge >= 0.3 is 0 Å². The Kier molecular flexibility index (Phi) is 4.63. The van der Waals surface area contributed by atoms with Crippen LogP contribution in [0.25, 0.3) is 11.1 Å². The minimum atomic E-state index is 0.154. The summed E-state index contributed by atoms with van der Waals surface area (Å²) in [5, 5.41) is 10.4. The molecule has 27 heavy (non-hydrogen) atoms. The Bertz CT molecular complexity index is 978. The van der Waals surface area contributed by atoms with Gasteiger partial charge in [-0.1, -0.05) is 35.3 Å². The standard InChI is InChI=1S/C18H16Cl2N6O/c19-13-8-11(22-18-23-17(21)24-25-18)9-14(20)16(13)10-3-5-12(6-4-10)26-7-1-2-15(26)27/h3-6,8-9H,1-2,7H2,(H4,21,22,23,24,25). The molecule has 1 fully saturated rings. The SMILES string of the molecule is Nc1nc(Nc2cc(Cl)c(-c3ccc(N4CCCC4=O)cc3)c(Cl)c2)n[nH]1. The van der Waals surface area contributed by atoms with E-state index in [1.165, 1.54) is 0 Å². The number of rotatable bonds is 4. The molecule has 1 aromatic heterocycles. The van der Waals surface area contributed by atoms with E-state index in [4.69, 9.17) is 28.9 Å². The quantitative estimate of drug-likeness (QED) is 0.605. The summed E-state index contributed by atoms with van der Waals surface area (Å²) in [5.41, 5.74) is 8.63. The number of aromatic nitrogens is 3. The van der Waals surface area contributed by atoms with Crippen LogP contribution < -0.4 is 16.0 Å². The number of nitrogens with two attached hydrogens (primary N) is 1. The lowest BCUT2D eigenvalue weighted by Gasteiger charge is -2.16. The Labute approximate surface area is 165 Å². The topological polar surface area (TPSA) is 99.9 Å². The predicted molar refractivity (Wildman–Crippen MR) is 108 cm³/mol. The highest BCUT2D eigenvalue weighted by Crippen LogP contribution is 2.38. The van der Waals surface area contributed by atoms with Crippen LogP contribution in [0.3, 0.4) is 0 Å². The maximum Gasteiger partial charge on any atom is 0.248 e. The number of anilines is 4. The van der Waals surface area contributed by atoms with Gasteiger partial charge in [-0.2, -0.15) is 4.98 Å². The van der Waals surface area contributed by atoms with Crippen molar-refractivity contribution in [2.45, 2.75) is 12.8 Å². The molecule has 0 radical (unpaired) electrons. The van der Waals surface area contributed by atoms with E-state index in [1.807, 2.05) is 24.3 Å². The van der Waals surface area contributed by atoms with E-state index in [1.54, 1.807) is 17.0 Å². The number of halogens is 2. The smallest absolute Gasteiger partial charge is 0.248 e. The second-order valence-electron chi connectivity index (χ2n) is 6.18. The minimum Gasteiger partial charge on any atom is -0.368 e. The number of nitrogens with zero attached hydrogens (tertiary/aromatic N) is 3. The Hall–Kier alpha value is -2.77. The average molecular weight is 403 g/mol. The third-order valence-corrected chi connectivity index (χ3v) is 4.94. The molecule has 0 spiro atoms. The fraction of sp³-hybridized carbons (Fsp3) is 0.167. The summed E-state index contributed by atoms with van der Waals surface area (Å²) in [6.07, 6.45) is 1.49. The maximum absolute atomic E-state index is 11.9. The molecule has 4 rings (SSSR count). The third-order valence-electron chi connectivity index (χ3n) is 4.34. The van der Waals surface area contributed by atoms with Gasteiger partial charge in [0.1, 0.15) is 0 Å². The van der Waals surface area contributed by atoms with E-state index in [0.717, 1.165) is 29.8 Å².